The van der Waals surface area contributed by atoms with Gasteiger partial charge in [0.2, 0.25) is 5.91 Å². The number of fused-ring (bicyclic) bond motifs is 1. The van der Waals surface area contributed by atoms with E-state index in [1.807, 2.05) is 55.3 Å². The molecule has 0 radical (unpaired) electrons. The molecular weight excluding hydrogens is 813 g/mol. The molecule has 0 bridgehead atoms. The molecule has 2 fully saturated rings. The maximum atomic E-state index is 13.8. The molecule has 4 amide bonds. The van der Waals surface area contributed by atoms with Crippen molar-refractivity contribution >= 4 is 56.1 Å². The van der Waals surface area contributed by atoms with Gasteiger partial charge in [0.15, 0.2) is 0 Å². The molecule has 314 valence electrons. The van der Waals surface area contributed by atoms with Crippen LogP contribution >= 0.6 is 22.7 Å². The van der Waals surface area contributed by atoms with Crippen LogP contribution in [0.25, 0.3) is 31.1 Å². The number of likely N-dealkylation sites (tertiary alicyclic amines) is 2. The molecule has 4 N–H and O–H groups in total. The lowest BCUT2D eigenvalue weighted by molar-refractivity contribution is -0.135. The van der Waals surface area contributed by atoms with Crippen LogP contribution in [0.4, 0.5) is 9.59 Å². The van der Waals surface area contributed by atoms with Gasteiger partial charge in [-0.15, -0.1) is 22.7 Å². The molecule has 61 heavy (non-hydrogen) atoms. The third-order valence-electron chi connectivity index (χ3n) is 11.1. The minimum atomic E-state index is -0.884. The number of H-pyrrole nitrogens is 2. The highest BCUT2D eigenvalue weighted by Gasteiger charge is 2.38. The van der Waals surface area contributed by atoms with Gasteiger partial charge in [-0.3, -0.25) is 9.59 Å². The van der Waals surface area contributed by atoms with E-state index in [9.17, 15) is 19.2 Å². The number of aromatic amines is 2. The Morgan fingerprint density at radius 3 is 2.05 bits per heavy atom. The Labute approximate surface area is 361 Å². The van der Waals surface area contributed by atoms with Crippen molar-refractivity contribution in [2.45, 2.75) is 63.7 Å². The van der Waals surface area contributed by atoms with Gasteiger partial charge in [-0.05, 0) is 72.3 Å². The molecule has 0 saturated carbocycles. The standard InChI is InChI=1S/C45H46N8O6S2/c1-26(2)38(50-44(56)58-3)42(54)52-20-9-13-34(52)41-47-25-32(49-41)27-14-16-28(17-15-27)35-23-37-36(61-35)22-31(60-37)19-18-30-24-46-40(48-30)33-12-8-21-53(33)43(55)39(51-45(57)59-4)29-10-6-5-7-11-29/h5-7,10-11,14-17,22-26,33-34,38-39H,8-9,12-13,20-21H2,1-4H3,(H,46,48)(H,47,49)(H,50,56)(H,51,57)/t33-,34-,38-,39+/m0/s1. The Morgan fingerprint density at radius 2 is 1.38 bits per heavy atom. The molecule has 6 heterocycles. The lowest BCUT2D eigenvalue weighted by atomic mass is 10.0. The topological polar surface area (TPSA) is 175 Å². The SMILES string of the molecule is COC(=O)N[C@H](C(=O)N1CCC[C@H]1c1ncc(-c2ccc(-c3cc4sc(C#Cc5cnc([C@@H]6CCCN6C(=O)[C@H](NC(=O)OC)c6ccccc6)[nH]5)cc4s3)cc2)[nH]1)C(C)C. The van der Waals surface area contributed by atoms with E-state index in [0.29, 0.717) is 30.2 Å². The van der Waals surface area contributed by atoms with E-state index in [2.05, 4.69) is 78.8 Å². The molecule has 4 aromatic heterocycles. The van der Waals surface area contributed by atoms with Crippen molar-refractivity contribution in [2.24, 2.45) is 5.92 Å². The maximum Gasteiger partial charge on any atom is 0.407 e. The van der Waals surface area contributed by atoms with Gasteiger partial charge in [-0.25, -0.2) is 19.6 Å². The number of aromatic nitrogens is 4. The number of nitrogens with one attached hydrogen (secondary N) is 4. The van der Waals surface area contributed by atoms with Crippen LogP contribution in [0.15, 0.2) is 79.1 Å². The van der Waals surface area contributed by atoms with Crippen LogP contribution in [0.2, 0.25) is 0 Å². The maximum absolute atomic E-state index is 13.8. The number of ether oxygens (including phenoxy) is 2. The minimum absolute atomic E-state index is 0.105. The number of hydrogen-bond acceptors (Lipinski definition) is 10. The number of nitrogens with zero attached hydrogens (tertiary/aromatic N) is 4. The Kier molecular flexibility index (Phi) is 12.2. The van der Waals surface area contributed by atoms with Crippen molar-refractivity contribution in [3.05, 3.63) is 107 Å². The van der Waals surface area contributed by atoms with Gasteiger partial charge in [0, 0.05) is 27.4 Å². The fourth-order valence-electron chi connectivity index (χ4n) is 7.99. The minimum Gasteiger partial charge on any atom is -0.453 e. The second kappa shape index (κ2) is 18.0. The third-order valence-corrected chi connectivity index (χ3v) is 13.4. The van der Waals surface area contributed by atoms with Gasteiger partial charge in [-0.2, -0.15) is 0 Å². The number of carbonyl (C=O) groups is 4. The number of benzene rings is 2. The first-order valence-corrected chi connectivity index (χ1v) is 21.8. The van der Waals surface area contributed by atoms with Gasteiger partial charge in [0.1, 0.15) is 29.4 Å². The predicted molar refractivity (Wildman–Crippen MR) is 234 cm³/mol. The lowest BCUT2D eigenvalue weighted by Crippen LogP contribution is -2.51. The van der Waals surface area contributed by atoms with Crippen LogP contribution in [0.3, 0.4) is 0 Å². The molecule has 2 aliphatic rings. The summed E-state index contributed by atoms with van der Waals surface area (Å²) in [6.07, 6.45) is 5.40. The Balaban J connectivity index is 0.910. The zero-order chi connectivity index (χ0) is 42.6. The second-order valence-corrected chi connectivity index (χ2v) is 17.5. The molecule has 14 nitrogen and oxygen atoms in total. The number of rotatable bonds is 10. The molecule has 16 heteroatoms. The molecule has 2 aliphatic heterocycles. The van der Waals surface area contributed by atoms with Gasteiger partial charge in [0.05, 0.1) is 49.3 Å². The van der Waals surface area contributed by atoms with Gasteiger partial charge >= 0.3 is 12.2 Å². The van der Waals surface area contributed by atoms with Crippen LogP contribution < -0.4 is 10.6 Å². The second-order valence-electron chi connectivity index (χ2n) is 15.4. The molecule has 0 spiro atoms. The van der Waals surface area contributed by atoms with Crippen molar-refractivity contribution < 1.29 is 28.7 Å². The summed E-state index contributed by atoms with van der Waals surface area (Å²) in [5, 5.41) is 5.40. The summed E-state index contributed by atoms with van der Waals surface area (Å²) in [6, 6.07) is 19.8. The summed E-state index contributed by atoms with van der Waals surface area (Å²) in [5.74, 6) is 7.43. The van der Waals surface area contributed by atoms with Crippen molar-refractivity contribution in [1.82, 2.24) is 40.4 Å². The van der Waals surface area contributed by atoms with Gasteiger partial charge < -0.3 is 39.9 Å². The molecular formula is C45H46N8O6S2. The normalized spacial score (nSPS) is 17.2. The van der Waals surface area contributed by atoms with Crippen LogP contribution in [0.1, 0.15) is 85.4 Å². The van der Waals surface area contributed by atoms with E-state index in [4.69, 9.17) is 9.47 Å². The average molecular weight is 859 g/mol. The predicted octanol–water partition coefficient (Wildman–Crippen LogP) is 7.95. The highest BCUT2D eigenvalue weighted by molar-refractivity contribution is 7.29. The molecule has 0 aliphatic carbocycles. The Bertz CT molecular complexity index is 2570. The smallest absolute Gasteiger partial charge is 0.407 e. The zero-order valence-corrected chi connectivity index (χ0v) is 35.8. The number of thiophene rings is 2. The largest absolute Gasteiger partial charge is 0.453 e. The number of imidazole rings is 2. The lowest BCUT2D eigenvalue weighted by Gasteiger charge is -2.30. The summed E-state index contributed by atoms with van der Waals surface area (Å²) in [7, 11) is 2.57. The number of alkyl carbamates (subject to hydrolysis) is 2. The summed E-state index contributed by atoms with van der Waals surface area (Å²) < 4.78 is 11.9. The van der Waals surface area contributed by atoms with Crippen molar-refractivity contribution in [3.63, 3.8) is 0 Å². The molecule has 2 aromatic carbocycles. The summed E-state index contributed by atoms with van der Waals surface area (Å²) >= 11 is 3.35. The summed E-state index contributed by atoms with van der Waals surface area (Å²) in [6.45, 7) is 4.95. The molecule has 2 saturated heterocycles. The van der Waals surface area contributed by atoms with Crippen LogP contribution in [0.5, 0.6) is 0 Å². The molecule has 4 atom stereocenters. The monoisotopic (exact) mass is 858 g/mol. The first kappa shape index (κ1) is 41.3. The highest BCUT2D eigenvalue weighted by Crippen LogP contribution is 2.39. The fourth-order valence-corrected chi connectivity index (χ4v) is 10.2. The van der Waals surface area contributed by atoms with Crippen LogP contribution in [-0.2, 0) is 19.1 Å². The zero-order valence-electron chi connectivity index (χ0n) is 34.2. The summed E-state index contributed by atoms with van der Waals surface area (Å²) in [5.41, 5.74) is 4.30. The third kappa shape index (κ3) is 8.89. The van der Waals surface area contributed by atoms with Crippen molar-refractivity contribution in [1.29, 1.82) is 0 Å². The molecule has 6 aromatic rings. The average Bonchev–Trinajstić information content (AvgIpc) is 4.13. The van der Waals surface area contributed by atoms with E-state index < -0.39 is 24.3 Å². The quantitative estimate of drug-likeness (QED) is 0.100. The fraction of sp³-hybridized carbons (Fsp3) is 0.333. The van der Waals surface area contributed by atoms with Crippen LogP contribution in [0, 0.1) is 17.8 Å². The Hall–Kier alpha value is -6.44. The van der Waals surface area contributed by atoms with E-state index in [0.717, 1.165) is 67.5 Å². The van der Waals surface area contributed by atoms with Gasteiger partial charge in [0.25, 0.3) is 5.91 Å². The molecule has 8 rings (SSSR count). The van der Waals surface area contributed by atoms with Crippen LogP contribution in [-0.4, -0.2) is 87.1 Å². The first-order chi connectivity index (χ1) is 29.6. The Morgan fingerprint density at radius 1 is 0.754 bits per heavy atom. The van der Waals surface area contributed by atoms with Crippen molar-refractivity contribution in [2.75, 3.05) is 27.3 Å². The summed E-state index contributed by atoms with van der Waals surface area (Å²) in [4.78, 5) is 73.3. The van der Waals surface area contributed by atoms with E-state index in [1.54, 1.807) is 33.8 Å². The molecule has 0 unspecified atom stereocenters. The van der Waals surface area contributed by atoms with E-state index in [1.165, 1.54) is 14.2 Å². The van der Waals surface area contributed by atoms with E-state index in [-0.39, 0.29) is 29.8 Å². The van der Waals surface area contributed by atoms with Gasteiger partial charge in [-0.1, -0.05) is 68.4 Å². The highest BCUT2D eigenvalue weighted by atomic mass is 32.1. The number of amides is 4. The number of carbonyl (C=O) groups excluding carboxylic acids is 4. The number of methoxy groups -OCH3 is 2. The first-order valence-electron chi connectivity index (χ1n) is 20.2. The number of hydrogen-bond donors (Lipinski definition) is 4. The van der Waals surface area contributed by atoms with E-state index >= 15 is 0 Å². The van der Waals surface area contributed by atoms with Crippen molar-refractivity contribution in [3.8, 4) is 33.5 Å².